The van der Waals surface area contributed by atoms with Crippen molar-refractivity contribution in [3.05, 3.63) is 17.5 Å². The molecule has 15 heavy (non-hydrogen) atoms. The van der Waals surface area contributed by atoms with E-state index in [9.17, 15) is 0 Å². The van der Waals surface area contributed by atoms with Crippen molar-refractivity contribution in [3.8, 4) is 0 Å². The van der Waals surface area contributed by atoms with Gasteiger partial charge in [-0.2, -0.15) is 5.10 Å². The van der Waals surface area contributed by atoms with Crippen LogP contribution >= 0.6 is 0 Å². The van der Waals surface area contributed by atoms with Crippen LogP contribution in [0, 0.1) is 6.92 Å². The van der Waals surface area contributed by atoms with E-state index in [1.54, 1.807) is 0 Å². The van der Waals surface area contributed by atoms with E-state index >= 15 is 0 Å². The topological polar surface area (TPSA) is 33.1 Å². The Balaban J connectivity index is 2.37. The van der Waals surface area contributed by atoms with Crippen molar-refractivity contribution in [1.29, 1.82) is 0 Å². The summed E-state index contributed by atoms with van der Waals surface area (Å²) in [6.07, 6.45) is 3.15. The molecule has 0 radical (unpaired) electrons. The first-order valence-corrected chi connectivity index (χ1v) is 5.45. The molecular formula is C11H22N4. The lowest BCUT2D eigenvalue weighted by molar-refractivity contribution is 0.320. The van der Waals surface area contributed by atoms with Crippen molar-refractivity contribution in [1.82, 2.24) is 20.0 Å². The predicted molar refractivity (Wildman–Crippen MR) is 62.8 cm³/mol. The van der Waals surface area contributed by atoms with Gasteiger partial charge in [0.1, 0.15) is 0 Å². The average molecular weight is 210 g/mol. The fourth-order valence-electron chi connectivity index (χ4n) is 1.59. The van der Waals surface area contributed by atoms with Gasteiger partial charge in [0.05, 0.1) is 6.20 Å². The van der Waals surface area contributed by atoms with Crippen molar-refractivity contribution in [2.24, 2.45) is 7.05 Å². The summed E-state index contributed by atoms with van der Waals surface area (Å²) in [5, 5.41) is 7.40. The zero-order chi connectivity index (χ0) is 11.3. The minimum Gasteiger partial charge on any atom is -0.320 e. The van der Waals surface area contributed by atoms with Crippen molar-refractivity contribution >= 4 is 0 Å². The highest BCUT2D eigenvalue weighted by Crippen LogP contribution is 2.08. The van der Waals surface area contributed by atoms with E-state index < -0.39 is 0 Å². The minimum absolute atomic E-state index is 0.989. The molecule has 0 saturated heterocycles. The molecule has 4 heteroatoms. The van der Waals surface area contributed by atoms with Crippen LogP contribution in [0.1, 0.15) is 17.7 Å². The zero-order valence-corrected chi connectivity index (χ0v) is 10.2. The van der Waals surface area contributed by atoms with Crippen LogP contribution in [0.4, 0.5) is 0 Å². The van der Waals surface area contributed by atoms with E-state index in [4.69, 9.17) is 0 Å². The number of hydrogen-bond donors (Lipinski definition) is 1. The van der Waals surface area contributed by atoms with Crippen LogP contribution in [0.15, 0.2) is 6.20 Å². The number of nitrogens with one attached hydrogen (secondary N) is 1. The van der Waals surface area contributed by atoms with Crippen LogP contribution in [0.2, 0.25) is 0 Å². The first kappa shape index (κ1) is 12.2. The highest BCUT2D eigenvalue weighted by atomic mass is 15.3. The second-order valence-corrected chi connectivity index (χ2v) is 4.07. The molecule has 1 heterocycles. The molecule has 0 saturated carbocycles. The predicted octanol–water partition coefficient (Wildman–Crippen LogP) is 0.770. The van der Waals surface area contributed by atoms with Gasteiger partial charge in [0.2, 0.25) is 0 Å². The first-order chi connectivity index (χ1) is 7.15. The fourth-order valence-corrected chi connectivity index (χ4v) is 1.59. The molecule has 1 N–H and O–H groups in total. The van der Waals surface area contributed by atoms with E-state index in [0.717, 1.165) is 19.6 Å². The Kier molecular flexibility index (Phi) is 4.78. The molecule has 0 aliphatic carbocycles. The quantitative estimate of drug-likeness (QED) is 0.704. The SMILES string of the molecule is CNCCCN(C)Cc1cnn(C)c1C. The Morgan fingerprint density at radius 1 is 1.53 bits per heavy atom. The monoisotopic (exact) mass is 210 g/mol. The molecule has 0 fully saturated rings. The Morgan fingerprint density at radius 3 is 2.80 bits per heavy atom. The Morgan fingerprint density at radius 2 is 2.27 bits per heavy atom. The molecule has 0 bridgehead atoms. The maximum Gasteiger partial charge on any atom is 0.0537 e. The number of nitrogens with zero attached hydrogens (tertiary/aromatic N) is 3. The van der Waals surface area contributed by atoms with Crippen LogP contribution in [0.3, 0.4) is 0 Å². The van der Waals surface area contributed by atoms with Gasteiger partial charge >= 0.3 is 0 Å². The smallest absolute Gasteiger partial charge is 0.0537 e. The summed E-state index contributed by atoms with van der Waals surface area (Å²) >= 11 is 0. The van der Waals surface area contributed by atoms with Crippen LogP contribution in [-0.4, -0.2) is 41.9 Å². The maximum atomic E-state index is 4.24. The summed E-state index contributed by atoms with van der Waals surface area (Å²) in [5.41, 5.74) is 2.58. The number of aryl methyl sites for hydroxylation is 1. The van der Waals surface area contributed by atoms with Crippen LogP contribution < -0.4 is 5.32 Å². The Labute approximate surface area is 92.3 Å². The molecule has 4 nitrogen and oxygen atoms in total. The number of hydrogen-bond acceptors (Lipinski definition) is 3. The molecule has 0 unspecified atom stereocenters. The molecule has 0 amide bonds. The molecule has 1 aromatic heterocycles. The second-order valence-electron chi connectivity index (χ2n) is 4.07. The number of rotatable bonds is 6. The molecule has 0 spiro atoms. The Bertz CT molecular complexity index is 293. The molecule has 1 aromatic rings. The van der Waals surface area contributed by atoms with Crippen LogP contribution in [-0.2, 0) is 13.6 Å². The van der Waals surface area contributed by atoms with E-state index in [0.29, 0.717) is 0 Å². The molecule has 0 aliphatic rings. The molecule has 86 valence electrons. The molecule has 0 aliphatic heterocycles. The minimum atomic E-state index is 0.989. The third-order valence-electron chi connectivity index (χ3n) is 2.74. The summed E-state index contributed by atoms with van der Waals surface area (Å²) in [5.74, 6) is 0. The van der Waals surface area contributed by atoms with E-state index in [-0.39, 0.29) is 0 Å². The van der Waals surface area contributed by atoms with E-state index in [1.165, 1.54) is 17.7 Å². The van der Waals surface area contributed by atoms with Gasteiger partial charge in [-0.15, -0.1) is 0 Å². The summed E-state index contributed by atoms with van der Waals surface area (Å²) in [6.45, 7) is 5.30. The van der Waals surface area contributed by atoms with Gasteiger partial charge < -0.3 is 10.2 Å². The normalized spacial score (nSPS) is 11.3. The van der Waals surface area contributed by atoms with Gasteiger partial charge in [-0.1, -0.05) is 0 Å². The highest BCUT2D eigenvalue weighted by molar-refractivity contribution is 5.15. The third kappa shape index (κ3) is 3.64. The largest absolute Gasteiger partial charge is 0.320 e. The van der Waals surface area contributed by atoms with Crippen molar-refractivity contribution in [2.75, 3.05) is 27.2 Å². The third-order valence-corrected chi connectivity index (χ3v) is 2.74. The molecule has 0 aromatic carbocycles. The second kappa shape index (κ2) is 5.88. The maximum absolute atomic E-state index is 4.24. The first-order valence-electron chi connectivity index (χ1n) is 5.45. The standard InChI is InChI=1S/C11H22N4/c1-10-11(8-13-15(10)4)9-14(3)7-5-6-12-2/h8,12H,5-7,9H2,1-4H3. The lowest BCUT2D eigenvalue weighted by Gasteiger charge is -2.15. The number of aromatic nitrogens is 2. The fraction of sp³-hybridized carbons (Fsp3) is 0.727. The summed E-state index contributed by atoms with van der Waals surface area (Å²) in [4.78, 5) is 2.33. The molecule has 1 rings (SSSR count). The van der Waals surface area contributed by atoms with Gasteiger partial charge in [-0.3, -0.25) is 4.68 Å². The van der Waals surface area contributed by atoms with Crippen molar-refractivity contribution in [3.63, 3.8) is 0 Å². The average Bonchev–Trinajstić information content (AvgIpc) is 2.50. The lowest BCUT2D eigenvalue weighted by atomic mass is 10.2. The van der Waals surface area contributed by atoms with E-state index in [1.807, 2.05) is 25.0 Å². The van der Waals surface area contributed by atoms with Gasteiger partial charge in [0.25, 0.3) is 0 Å². The van der Waals surface area contributed by atoms with Crippen LogP contribution in [0.25, 0.3) is 0 Å². The zero-order valence-electron chi connectivity index (χ0n) is 10.2. The molecular weight excluding hydrogens is 188 g/mol. The van der Waals surface area contributed by atoms with Gasteiger partial charge in [0, 0.05) is 24.8 Å². The van der Waals surface area contributed by atoms with Crippen LogP contribution in [0.5, 0.6) is 0 Å². The van der Waals surface area contributed by atoms with Gasteiger partial charge in [-0.05, 0) is 40.5 Å². The Hall–Kier alpha value is -0.870. The van der Waals surface area contributed by atoms with Crippen molar-refractivity contribution in [2.45, 2.75) is 19.9 Å². The van der Waals surface area contributed by atoms with Gasteiger partial charge in [0.15, 0.2) is 0 Å². The molecule has 0 atom stereocenters. The van der Waals surface area contributed by atoms with Crippen molar-refractivity contribution < 1.29 is 0 Å². The van der Waals surface area contributed by atoms with Gasteiger partial charge in [-0.25, -0.2) is 0 Å². The summed E-state index contributed by atoms with van der Waals surface area (Å²) < 4.78 is 1.93. The van der Waals surface area contributed by atoms with E-state index in [2.05, 4.69) is 29.3 Å². The lowest BCUT2D eigenvalue weighted by Crippen LogP contribution is -2.22. The highest BCUT2D eigenvalue weighted by Gasteiger charge is 2.06. The summed E-state index contributed by atoms with van der Waals surface area (Å²) in [7, 11) is 6.13. The summed E-state index contributed by atoms with van der Waals surface area (Å²) in [6, 6.07) is 0.